The number of benzene rings is 1. The van der Waals surface area contributed by atoms with Gasteiger partial charge in [-0.15, -0.1) is 11.3 Å². The molecule has 31 heavy (non-hydrogen) atoms. The summed E-state index contributed by atoms with van der Waals surface area (Å²) < 4.78 is 0. The van der Waals surface area contributed by atoms with Crippen LogP contribution in [-0.4, -0.2) is 38.7 Å². The lowest BCUT2D eigenvalue weighted by Gasteiger charge is -2.30. The highest BCUT2D eigenvalue weighted by Gasteiger charge is 2.28. The van der Waals surface area contributed by atoms with E-state index in [0.717, 1.165) is 27.5 Å². The fraction of sp³-hybridized carbons (Fsp3) is 0.348. The van der Waals surface area contributed by atoms with Gasteiger partial charge in [0.2, 0.25) is 11.8 Å². The van der Waals surface area contributed by atoms with Crippen LogP contribution in [0.15, 0.2) is 35.7 Å². The Morgan fingerprint density at radius 1 is 1.13 bits per heavy atom. The lowest BCUT2D eigenvalue weighted by atomic mass is 10.0. The van der Waals surface area contributed by atoms with Crippen LogP contribution < -0.4 is 4.90 Å². The SMILES string of the molecule is Cc1nc(CC(=O)N(C)Cc2nc(C)c3c(n2)N(Cc2ccccc2)C(=O)CC3)cs1. The largest absolute Gasteiger partial charge is 0.338 e. The number of carbonyl (C=O) groups excluding carboxylic acids is 2. The van der Waals surface area contributed by atoms with E-state index in [4.69, 9.17) is 4.98 Å². The third-order valence-electron chi connectivity index (χ3n) is 5.37. The van der Waals surface area contributed by atoms with Gasteiger partial charge in [0.05, 0.1) is 30.2 Å². The lowest BCUT2D eigenvalue weighted by Crippen LogP contribution is -2.37. The number of fused-ring (bicyclic) bond motifs is 1. The van der Waals surface area contributed by atoms with Crippen molar-refractivity contribution >= 4 is 29.0 Å². The second-order valence-corrected chi connectivity index (χ2v) is 8.84. The number of aryl methyl sites for hydroxylation is 2. The summed E-state index contributed by atoms with van der Waals surface area (Å²) in [7, 11) is 1.74. The molecule has 160 valence electrons. The van der Waals surface area contributed by atoms with E-state index >= 15 is 0 Å². The number of nitrogens with zero attached hydrogens (tertiary/aromatic N) is 5. The minimum absolute atomic E-state index is 0.0403. The maximum atomic E-state index is 12.7. The fourth-order valence-corrected chi connectivity index (χ4v) is 4.33. The molecule has 2 amide bonds. The van der Waals surface area contributed by atoms with Crippen molar-refractivity contribution in [3.05, 3.63) is 69.1 Å². The van der Waals surface area contributed by atoms with E-state index in [1.165, 1.54) is 11.3 Å². The van der Waals surface area contributed by atoms with Crippen LogP contribution in [0.5, 0.6) is 0 Å². The van der Waals surface area contributed by atoms with Crippen molar-refractivity contribution in [3.63, 3.8) is 0 Å². The van der Waals surface area contributed by atoms with E-state index in [1.54, 1.807) is 16.8 Å². The second-order valence-electron chi connectivity index (χ2n) is 7.78. The third-order valence-corrected chi connectivity index (χ3v) is 6.19. The topological polar surface area (TPSA) is 79.3 Å². The number of carbonyl (C=O) groups is 2. The van der Waals surface area contributed by atoms with Gasteiger partial charge in [0.15, 0.2) is 0 Å². The molecular formula is C23H25N5O2S. The molecule has 4 rings (SSSR count). The van der Waals surface area contributed by atoms with Gasteiger partial charge in [-0.05, 0) is 25.8 Å². The molecule has 8 heteroatoms. The summed E-state index contributed by atoms with van der Waals surface area (Å²) in [6, 6.07) is 9.89. The van der Waals surface area contributed by atoms with Crippen molar-refractivity contribution in [2.24, 2.45) is 0 Å². The molecule has 0 unspecified atom stereocenters. The zero-order chi connectivity index (χ0) is 22.0. The number of amides is 2. The summed E-state index contributed by atoms with van der Waals surface area (Å²) in [6.45, 7) is 4.62. The molecule has 0 aliphatic carbocycles. The number of hydrogen-bond acceptors (Lipinski definition) is 6. The minimum atomic E-state index is -0.0403. The Morgan fingerprint density at radius 2 is 1.90 bits per heavy atom. The summed E-state index contributed by atoms with van der Waals surface area (Å²) >= 11 is 1.54. The summed E-state index contributed by atoms with van der Waals surface area (Å²) in [5, 5.41) is 2.86. The summed E-state index contributed by atoms with van der Waals surface area (Å²) in [6.07, 6.45) is 1.35. The standard InChI is InChI=1S/C23H25N5O2S/c1-15-19-9-10-21(29)28(12-17-7-5-4-6-8-17)23(19)26-20(24-15)13-27(3)22(30)11-18-14-31-16(2)25-18/h4-8,14H,9-13H2,1-3H3. The van der Waals surface area contributed by atoms with Gasteiger partial charge in [0.25, 0.3) is 0 Å². The number of likely N-dealkylation sites (N-methyl/N-ethyl adjacent to an activating group) is 1. The predicted molar refractivity (Wildman–Crippen MR) is 120 cm³/mol. The predicted octanol–water partition coefficient (Wildman–Crippen LogP) is 3.23. The van der Waals surface area contributed by atoms with Crippen molar-refractivity contribution < 1.29 is 9.59 Å². The molecule has 7 nitrogen and oxygen atoms in total. The molecule has 0 fully saturated rings. The van der Waals surface area contributed by atoms with Crippen molar-refractivity contribution in [2.45, 2.75) is 46.2 Å². The Kier molecular flexibility index (Phi) is 6.08. The van der Waals surface area contributed by atoms with E-state index in [9.17, 15) is 9.59 Å². The Labute approximate surface area is 185 Å². The Bertz CT molecular complexity index is 1110. The number of thiazole rings is 1. The number of aromatic nitrogens is 3. The van der Waals surface area contributed by atoms with Crippen LogP contribution in [0.2, 0.25) is 0 Å². The maximum Gasteiger partial charge on any atom is 0.228 e. The number of hydrogen-bond donors (Lipinski definition) is 0. The van der Waals surface area contributed by atoms with Crippen LogP contribution in [0.1, 0.15) is 39.8 Å². The summed E-state index contributed by atoms with van der Waals surface area (Å²) in [5.41, 5.74) is 3.70. The van der Waals surface area contributed by atoms with Gasteiger partial charge in [-0.1, -0.05) is 30.3 Å². The lowest BCUT2D eigenvalue weighted by molar-refractivity contribution is -0.129. The molecule has 3 aromatic rings. The molecule has 0 saturated heterocycles. The zero-order valence-electron chi connectivity index (χ0n) is 18.0. The maximum absolute atomic E-state index is 12.7. The van der Waals surface area contributed by atoms with E-state index in [-0.39, 0.29) is 24.8 Å². The van der Waals surface area contributed by atoms with Crippen LogP contribution in [0.25, 0.3) is 0 Å². The van der Waals surface area contributed by atoms with Crippen molar-refractivity contribution in [2.75, 3.05) is 11.9 Å². The normalized spacial score (nSPS) is 13.3. The minimum Gasteiger partial charge on any atom is -0.338 e. The molecule has 0 saturated carbocycles. The van der Waals surface area contributed by atoms with E-state index in [1.807, 2.05) is 49.6 Å². The molecule has 1 aromatic carbocycles. The van der Waals surface area contributed by atoms with Crippen LogP contribution in [0.3, 0.4) is 0 Å². The number of rotatable bonds is 6. The molecule has 3 heterocycles. The highest BCUT2D eigenvalue weighted by molar-refractivity contribution is 7.09. The molecule has 0 atom stereocenters. The van der Waals surface area contributed by atoms with Crippen LogP contribution in [0, 0.1) is 13.8 Å². The van der Waals surface area contributed by atoms with Crippen molar-refractivity contribution in [1.82, 2.24) is 19.9 Å². The van der Waals surface area contributed by atoms with Crippen LogP contribution in [0.4, 0.5) is 5.82 Å². The van der Waals surface area contributed by atoms with Crippen molar-refractivity contribution in [3.8, 4) is 0 Å². The average Bonchev–Trinajstić information content (AvgIpc) is 3.15. The smallest absolute Gasteiger partial charge is 0.228 e. The van der Waals surface area contributed by atoms with Gasteiger partial charge < -0.3 is 4.90 Å². The number of anilines is 1. The molecular weight excluding hydrogens is 410 g/mol. The second kappa shape index (κ2) is 8.93. The van der Waals surface area contributed by atoms with Gasteiger partial charge in [-0.2, -0.15) is 0 Å². The van der Waals surface area contributed by atoms with Crippen molar-refractivity contribution in [1.29, 1.82) is 0 Å². The van der Waals surface area contributed by atoms with E-state index in [0.29, 0.717) is 31.0 Å². The first-order valence-electron chi connectivity index (χ1n) is 10.3. The molecule has 1 aliphatic heterocycles. The zero-order valence-corrected chi connectivity index (χ0v) is 18.8. The van der Waals surface area contributed by atoms with E-state index in [2.05, 4.69) is 9.97 Å². The Balaban J connectivity index is 1.55. The highest BCUT2D eigenvalue weighted by atomic mass is 32.1. The van der Waals surface area contributed by atoms with Gasteiger partial charge in [0.1, 0.15) is 11.6 Å². The van der Waals surface area contributed by atoms with Gasteiger partial charge in [-0.25, -0.2) is 15.0 Å². The molecule has 0 spiro atoms. The Morgan fingerprint density at radius 3 is 2.61 bits per heavy atom. The van der Waals surface area contributed by atoms with Crippen LogP contribution in [-0.2, 0) is 35.5 Å². The first kappa shape index (κ1) is 21.1. The average molecular weight is 436 g/mol. The summed E-state index contributed by atoms with van der Waals surface area (Å²) in [5.74, 6) is 1.22. The van der Waals surface area contributed by atoms with Gasteiger partial charge in [0, 0.05) is 30.1 Å². The van der Waals surface area contributed by atoms with Gasteiger partial charge >= 0.3 is 0 Å². The molecule has 0 bridgehead atoms. The fourth-order valence-electron chi connectivity index (χ4n) is 3.72. The monoisotopic (exact) mass is 435 g/mol. The Hall–Kier alpha value is -3.13. The third kappa shape index (κ3) is 4.80. The molecule has 0 radical (unpaired) electrons. The quantitative estimate of drug-likeness (QED) is 0.594. The summed E-state index contributed by atoms with van der Waals surface area (Å²) in [4.78, 5) is 42.4. The first-order chi connectivity index (χ1) is 14.9. The van der Waals surface area contributed by atoms with Crippen LogP contribution >= 0.6 is 11.3 Å². The highest BCUT2D eigenvalue weighted by Crippen LogP contribution is 2.29. The van der Waals surface area contributed by atoms with Gasteiger partial charge in [-0.3, -0.25) is 14.5 Å². The molecule has 2 aromatic heterocycles. The first-order valence-corrected chi connectivity index (χ1v) is 11.1. The molecule has 1 aliphatic rings. The van der Waals surface area contributed by atoms with E-state index < -0.39 is 0 Å². The molecule has 0 N–H and O–H groups in total.